The topological polar surface area (TPSA) is 38.3 Å². The zero-order valence-electron chi connectivity index (χ0n) is 9.34. The van der Waals surface area contributed by atoms with E-state index < -0.39 is 17.7 Å². The monoisotopic (exact) mass is 247 g/mol. The van der Waals surface area contributed by atoms with Crippen LogP contribution < -0.4 is 5.32 Å². The summed E-state index contributed by atoms with van der Waals surface area (Å²) >= 11 is 0. The summed E-state index contributed by atoms with van der Waals surface area (Å²) < 4.78 is 42.8. The van der Waals surface area contributed by atoms with Crippen LogP contribution in [0.3, 0.4) is 0 Å². The minimum Gasteiger partial charge on any atom is -0.467 e. The number of alkyl halides is 3. The molecule has 0 bridgehead atoms. The highest BCUT2D eigenvalue weighted by Gasteiger charge is 2.58. The maximum absolute atomic E-state index is 12.9. The van der Waals surface area contributed by atoms with Gasteiger partial charge in [0.15, 0.2) is 0 Å². The fourth-order valence-corrected chi connectivity index (χ4v) is 1.25. The van der Waals surface area contributed by atoms with Gasteiger partial charge in [0.2, 0.25) is 5.54 Å². The Kier molecular flexibility index (Phi) is 3.65. The zero-order chi connectivity index (χ0) is 13.1. The van der Waals surface area contributed by atoms with Gasteiger partial charge in [0, 0.05) is 5.69 Å². The first-order valence-electron chi connectivity index (χ1n) is 4.79. The summed E-state index contributed by atoms with van der Waals surface area (Å²) in [5.74, 6) is -1.38. The number of esters is 1. The van der Waals surface area contributed by atoms with Crippen molar-refractivity contribution in [2.24, 2.45) is 0 Å². The third-order valence-corrected chi connectivity index (χ3v) is 2.33. The highest BCUT2D eigenvalue weighted by Crippen LogP contribution is 2.34. The van der Waals surface area contributed by atoms with Crippen molar-refractivity contribution in [3.8, 4) is 0 Å². The molecule has 1 atom stereocenters. The summed E-state index contributed by atoms with van der Waals surface area (Å²) in [4.78, 5) is 11.3. The van der Waals surface area contributed by atoms with Crippen molar-refractivity contribution in [2.75, 3.05) is 12.4 Å². The van der Waals surface area contributed by atoms with Gasteiger partial charge < -0.3 is 10.1 Å². The molecule has 0 aliphatic carbocycles. The molecule has 1 rings (SSSR count). The average molecular weight is 247 g/mol. The lowest BCUT2D eigenvalue weighted by molar-refractivity contribution is -0.195. The van der Waals surface area contributed by atoms with Crippen molar-refractivity contribution >= 4 is 11.7 Å². The lowest BCUT2D eigenvalue weighted by Gasteiger charge is -2.30. The quantitative estimate of drug-likeness (QED) is 0.834. The molecule has 0 radical (unpaired) electrons. The lowest BCUT2D eigenvalue weighted by Crippen LogP contribution is -2.56. The molecule has 1 unspecified atom stereocenters. The number of ether oxygens (including phenoxy) is 1. The third kappa shape index (κ3) is 2.69. The fraction of sp³-hybridized carbons (Fsp3) is 0.364. The predicted molar refractivity (Wildman–Crippen MR) is 56.5 cm³/mol. The second-order valence-corrected chi connectivity index (χ2v) is 3.61. The van der Waals surface area contributed by atoms with Crippen LogP contribution in [0.4, 0.5) is 18.9 Å². The molecule has 0 spiro atoms. The SMILES string of the molecule is COC(=O)C(C)(Nc1ccccc1)C(F)(F)F. The third-order valence-electron chi connectivity index (χ3n) is 2.33. The smallest absolute Gasteiger partial charge is 0.422 e. The van der Waals surface area contributed by atoms with Crippen molar-refractivity contribution < 1.29 is 22.7 Å². The van der Waals surface area contributed by atoms with Crippen LogP contribution in [-0.2, 0) is 9.53 Å². The Morgan fingerprint density at radius 3 is 2.18 bits per heavy atom. The molecule has 1 aromatic rings. The highest BCUT2D eigenvalue weighted by molar-refractivity contribution is 5.85. The fourth-order valence-electron chi connectivity index (χ4n) is 1.25. The molecule has 1 aromatic carbocycles. The van der Waals surface area contributed by atoms with Crippen LogP contribution in [0.25, 0.3) is 0 Å². The summed E-state index contributed by atoms with van der Waals surface area (Å²) in [5, 5.41) is 2.15. The number of halogens is 3. The van der Waals surface area contributed by atoms with E-state index in [-0.39, 0.29) is 5.69 Å². The Labute approximate surface area is 96.6 Å². The Balaban J connectivity index is 3.05. The van der Waals surface area contributed by atoms with Crippen molar-refractivity contribution in [1.82, 2.24) is 0 Å². The summed E-state index contributed by atoms with van der Waals surface area (Å²) in [7, 11) is 0.916. The standard InChI is InChI=1S/C11H12F3NO2/c1-10(9(16)17-2,11(12,13)14)15-8-6-4-3-5-7-8/h3-7,15H,1-2H3. The van der Waals surface area contributed by atoms with Gasteiger partial charge in [0.1, 0.15) is 0 Å². The van der Waals surface area contributed by atoms with E-state index in [1.807, 2.05) is 0 Å². The van der Waals surface area contributed by atoms with E-state index in [1.165, 1.54) is 12.1 Å². The summed E-state index contributed by atoms with van der Waals surface area (Å²) in [6, 6.07) is 7.67. The maximum atomic E-state index is 12.9. The summed E-state index contributed by atoms with van der Waals surface area (Å²) in [6.45, 7) is 0.742. The molecule has 0 aromatic heterocycles. The first-order chi connectivity index (χ1) is 7.81. The zero-order valence-corrected chi connectivity index (χ0v) is 9.34. The summed E-state index contributed by atoms with van der Waals surface area (Å²) in [6.07, 6.45) is -4.75. The first kappa shape index (κ1) is 13.3. The number of para-hydroxylation sites is 1. The van der Waals surface area contributed by atoms with Gasteiger partial charge in [-0.2, -0.15) is 13.2 Å². The van der Waals surface area contributed by atoms with Crippen molar-refractivity contribution in [3.63, 3.8) is 0 Å². The lowest BCUT2D eigenvalue weighted by atomic mass is 10.0. The van der Waals surface area contributed by atoms with Gasteiger partial charge >= 0.3 is 12.1 Å². The molecule has 0 aliphatic heterocycles. The van der Waals surface area contributed by atoms with Crippen molar-refractivity contribution in [3.05, 3.63) is 30.3 Å². The number of carbonyl (C=O) groups is 1. The molecule has 94 valence electrons. The van der Waals surface area contributed by atoms with E-state index >= 15 is 0 Å². The van der Waals surface area contributed by atoms with Crippen LogP contribution in [0.1, 0.15) is 6.92 Å². The Hall–Kier alpha value is -1.72. The Morgan fingerprint density at radius 2 is 1.76 bits per heavy atom. The van der Waals surface area contributed by atoms with Crippen LogP contribution in [0.15, 0.2) is 30.3 Å². The van der Waals surface area contributed by atoms with Crippen molar-refractivity contribution in [2.45, 2.75) is 18.6 Å². The molecule has 0 saturated heterocycles. The van der Waals surface area contributed by atoms with E-state index in [9.17, 15) is 18.0 Å². The van der Waals surface area contributed by atoms with E-state index in [2.05, 4.69) is 10.1 Å². The van der Waals surface area contributed by atoms with Gasteiger partial charge in [0.05, 0.1) is 7.11 Å². The number of benzene rings is 1. The number of nitrogens with one attached hydrogen (secondary N) is 1. The van der Waals surface area contributed by atoms with Gasteiger partial charge in [-0.05, 0) is 19.1 Å². The molecular formula is C11H12F3NO2. The molecule has 1 N–H and O–H groups in total. The largest absolute Gasteiger partial charge is 0.467 e. The second-order valence-electron chi connectivity index (χ2n) is 3.61. The Bertz CT molecular complexity index is 391. The highest BCUT2D eigenvalue weighted by atomic mass is 19.4. The molecule has 6 heteroatoms. The van der Waals surface area contributed by atoms with E-state index in [0.29, 0.717) is 0 Å². The van der Waals surface area contributed by atoms with Gasteiger partial charge in [0.25, 0.3) is 0 Å². The second kappa shape index (κ2) is 4.65. The number of carbonyl (C=O) groups excluding carboxylic acids is 1. The van der Waals surface area contributed by atoms with Crippen LogP contribution in [-0.4, -0.2) is 24.8 Å². The molecule has 0 heterocycles. The molecule has 0 amide bonds. The number of hydrogen-bond donors (Lipinski definition) is 1. The van der Waals surface area contributed by atoms with E-state index in [4.69, 9.17) is 0 Å². The van der Waals surface area contributed by atoms with E-state index in [0.717, 1.165) is 14.0 Å². The summed E-state index contributed by atoms with van der Waals surface area (Å²) in [5.41, 5.74) is -2.57. The molecule has 17 heavy (non-hydrogen) atoms. The molecule has 0 saturated carbocycles. The predicted octanol–water partition coefficient (Wildman–Crippen LogP) is 2.59. The van der Waals surface area contributed by atoms with Crippen LogP contribution in [0.5, 0.6) is 0 Å². The molecular weight excluding hydrogens is 235 g/mol. The number of methoxy groups -OCH3 is 1. The van der Waals surface area contributed by atoms with Gasteiger partial charge in [-0.25, -0.2) is 4.79 Å². The van der Waals surface area contributed by atoms with Gasteiger partial charge in [-0.3, -0.25) is 0 Å². The molecule has 0 aliphatic rings. The minimum absolute atomic E-state index is 0.192. The normalized spacial score (nSPS) is 14.9. The molecule has 3 nitrogen and oxygen atoms in total. The first-order valence-corrected chi connectivity index (χ1v) is 4.79. The van der Waals surface area contributed by atoms with Crippen molar-refractivity contribution in [1.29, 1.82) is 0 Å². The maximum Gasteiger partial charge on any atom is 0.422 e. The number of anilines is 1. The number of rotatable bonds is 3. The van der Waals surface area contributed by atoms with E-state index in [1.54, 1.807) is 18.2 Å². The number of hydrogen-bond acceptors (Lipinski definition) is 3. The van der Waals surface area contributed by atoms with Crippen LogP contribution in [0, 0.1) is 0 Å². The minimum atomic E-state index is -4.75. The van der Waals surface area contributed by atoms with Crippen LogP contribution in [0.2, 0.25) is 0 Å². The Morgan fingerprint density at radius 1 is 1.24 bits per heavy atom. The molecule has 0 fully saturated rings. The average Bonchev–Trinajstić information content (AvgIpc) is 2.27. The van der Waals surface area contributed by atoms with Gasteiger partial charge in [-0.15, -0.1) is 0 Å². The van der Waals surface area contributed by atoms with Gasteiger partial charge in [-0.1, -0.05) is 18.2 Å². The van der Waals surface area contributed by atoms with Crippen LogP contribution >= 0.6 is 0 Å².